The quantitative estimate of drug-likeness (QED) is 0.152. The van der Waals surface area contributed by atoms with E-state index in [0.29, 0.717) is 34.4 Å². The van der Waals surface area contributed by atoms with Crippen LogP contribution in [0.15, 0.2) is 60.0 Å². The molecule has 0 aliphatic heterocycles. The summed E-state index contributed by atoms with van der Waals surface area (Å²) in [6.07, 6.45) is 2.68. The summed E-state index contributed by atoms with van der Waals surface area (Å²) >= 11 is 6.38. The Balaban J connectivity index is 1.64. The Morgan fingerprint density at radius 3 is 2.71 bits per heavy atom. The van der Waals surface area contributed by atoms with Crippen molar-refractivity contribution in [2.75, 3.05) is 17.7 Å². The summed E-state index contributed by atoms with van der Waals surface area (Å²) in [6, 6.07) is 14.9. The first-order valence-corrected chi connectivity index (χ1v) is 12.1. The Morgan fingerprint density at radius 2 is 2.00 bits per heavy atom. The van der Waals surface area contributed by atoms with E-state index in [-0.39, 0.29) is 18.8 Å². The highest BCUT2D eigenvalue weighted by molar-refractivity contribution is 7.86. The molecular formula is C22H24ClN5O5S. The second-order valence-electron chi connectivity index (χ2n) is 7.25. The van der Waals surface area contributed by atoms with E-state index in [1.807, 2.05) is 30.3 Å². The molecule has 1 heterocycles. The van der Waals surface area contributed by atoms with Crippen molar-refractivity contribution < 1.29 is 22.5 Å². The first kappa shape index (κ1) is 25.2. The minimum absolute atomic E-state index is 0.0200. The highest BCUT2D eigenvalue weighted by atomic mass is 35.5. The van der Waals surface area contributed by atoms with E-state index < -0.39 is 15.4 Å². The third kappa shape index (κ3) is 7.30. The standard InChI is InChI=1S/C22H24ClN5O5S/c1-15(34(29,30)31)9-10-33-27-12-18-21(24)25-14-26-22(18)28-17-7-8-20(19(23)11-17)32-13-16-5-3-2-4-6-16/h2-8,11-12,14-15H,9-10,13H2,1H3,(H,29,30,31)(H3,24,25,26,28)/b27-12+. The summed E-state index contributed by atoms with van der Waals surface area (Å²) in [6.45, 7) is 1.74. The molecule has 0 aliphatic carbocycles. The SMILES string of the molecule is CC(CCO/N=C/c1c(N)ncnc1Nc1ccc(OCc2ccccc2)c(Cl)c1)S(=O)(=O)O. The molecule has 0 saturated heterocycles. The van der Waals surface area contributed by atoms with Gasteiger partial charge in [0.15, 0.2) is 0 Å². The van der Waals surface area contributed by atoms with Crippen molar-refractivity contribution in [2.24, 2.45) is 5.16 Å². The second-order valence-corrected chi connectivity index (χ2v) is 9.49. The van der Waals surface area contributed by atoms with E-state index in [2.05, 4.69) is 20.4 Å². The highest BCUT2D eigenvalue weighted by Gasteiger charge is 2.16. The number of ether oxygens (including phenoxy) is 1. The van der Waals surface area contributed by atoms with E-state index in [4.69, 9.17) is 31.5 Å². The summed E-state index contributed by atoms with van der Waals surface area (Å²) in [5.74, 6) is 1.05. The number of halogens is 1. The topological polar surface area (TPSA) is 149 Å². The maximum Gasteiger partial charge on any atom is 0.267 e. The molecule has 0 saturated carbocycles. The number of nitrogens with one attached hydrogen (secondary N) is 1. The van der Waals surface area contributed by atoms with E-state index in [1.165, 1.54) is 19.5 Å². The van der Waals surface area contributed by atoms with Crippen LogP contribution in [0.5, 0.6) is 5.75 Å². The normalized spacial score (nSPS) is 12.4. The van der Waals surface area contributed by atoms with Crippen LogP contribution in [-0.2, 0) is 21.6 Å². The number of benzene rings is 2. The lowest BCUT2D eigenvalue weighted by Gasteiger charge is -2.12. The van der Waals surface area contributed by atoms with Crippen molar-refractivity contribution in [3.63, 3.8) is 0 Å². The zero-order valence-electron chi connectivity index (χ0n) is 18.3. The number of nitrogen functional groups attached to an aromatic ring is 1. The Bertz CT molecular complexity index is 1240. The van der Waals surface area contributed by atoms with Gasteiger partial charge in [0.2, 0.25) is 0 Å². The monoisotopic (exact) mass is 505 g/mol. The van der Waals surface area contributed by atoms with Gasteiger partial charge in [0.25, 0.3) is 10.1 Å². The molecule has 2 aromatic carbocycles. The summed E-state index contributed by atoms with van der Waals surface area (Å²) in [5.41, 5.74) is 7.97. The molecular weight excluding hydrogens is 482 g/mol. The van der Waals surface area contributed by atoms with Gasteiger partial charge in [0, 0.05) is 12.1 Å². The lowest BCUT2D eigenvalue weighted by Crippen LogP contribution is -2.18. The second kappa shape index (κ2) is 11.6. The molecule has 1 aromatic heterocycles. The van der Waals surface area contributed by atoms with Crippen molar-refractivity contribution >= 4 is 45.3 Å². The van der Waals surface area contributed by atoms with Gasteiger partial charge in [-0.15, -0.1) is 0 Å². The van der Waals surface area contributed by atoms with Crippen LogP contribution in [0.25, 0.3) is 0 Å². The molecule has 0 radical (unpaired) electrons. The van der Waals surface area contributed by atoms with Gasteiger partial charge in [-0.1, -0.05) is 47.1 Å². The molecule has 0 amide bonds. The molecule has 1 unspecified atom stereocenters. The number of anilines is 3. The fourth-order valence-corrected chi connectivity index (χ4v) is 3.34. The molecule has 1 atom stereocenters. The number of hydrogen-bond acceptors (Lipinski definition) is 9. The number of hydrogen-bond donors (Lipinski definition) is 3. The summed E-state index contributed by atoms with van der Waals surface area (Å²) < 4.78 is 36.8. The van der Waals surface area contributed by atoms with Crippen LogP contribution in [0.3, 0.4) is 0 Å². The van der Waals surface area contributed by atoms with E-state index in [9.17, 15) is 8.42 Å². The van der Waals surface area contributed by atoms with E-state index >= 15 is 0 Å². The molecule has 12 heteroatoms. The predicted octanol–water partition coefficient (Wildman–Crippen LogP) is 4.05. The average molecular weight is 506 g/mol. The minimum atomic E-state index is -4.12. The lowest BCUT2D eigenvalue weighted by molar-refractivity contribution is 0.142. The summed E-state index contributed by atoms with van der Waals surface area (Å²) in [4.78, 5) is 13.2. The minimum Gasteiger partial charge on any atom is -0.487 e. The summed E-state index contributed by atoms with van der Waals surface area (Å²) in [7, 11) is -4.12. The number of oxime groups is 1. The van der Waals surface area contributed by atoms with Gasteiger partial charge in [0.1, 0.15) is 36.9 Å². The van der Waals surface area contributed by atoms with Crippen LogP contribution in [0, 0.1) is 0 Å². The van der Waals surface area contributed by atoms with Crippen LogP contribution >= 0.6 is 11.6 Å². The Hall–Kier alpha value is -3.41. The average Bonchev–Trinajstić information content (AvgIpc) is 2.80. The van der Waals surface area contributed by atoms with Crippen molar-refractivity contribution in [3.05, 3.63) is 71.0 Å². The van der Waals surface area contributed by atoms with Crippen LogP contribution < -0.4 is 15.8 Å². The maximum atomic E-state index is 11.0. The molecule has 180 valence electrons. The van der Waals surface area contributed by atoms with Crippen LogP contribution in [-0.4, -0.2) is 41.0 Å². The number of aromatic nitrogens is 2. The highest BCUT2D eigenvalue weighted by Crippen LogP contribution is 2.30. The molecule has 3 aromatic rings. The van der Waals surface area contributed by atoms with Crippen molar-refractivity contribution in [1.82, 2.24) is 9.97 Å². The van der Waals surface area contributed by atoms with Gasteiger partial charge in [-0.05, 0) is 30.7 Å². The van der Waals surface area contributed by atoms with Gasteiger partial charge in [-0.2, -0.15) is 8.42 Å². The first-order valence-electron chi connectivity index (χ1n) is 10.2. The van der Waals surface area contributed by atoms with Crippen LogP contribution in [0.2, 0.25) is 5.02 Å². The lowest BCUT2D eigenvalue weighted by atomic mass is 10.2. The molecule has 3 rings (SSSR count). The zero-order chi connectivity index (χ0) is 24.6. The fourth-order valence-electron chi connectivity index (χ4n) is 2.71. The largest absolute Gasteiger partial charge is 0.487 e. The third-order valence-electron chi connectivity index (χ3n) is 4.73. The Labute approximate surface area is 202 Å². The van der Waals surface area contributed by atoms with Gasteiger partial charge in [-0.3, -0.25) is 4.55 Å². The smallest absolute Gasteiger partial charge is 0.267 e. The number of nitrogens with zero attached hydrogens (tertiary/aromatic N) is 3. The number of rotatable bonds is 11. The van der Waals surface area contributed by atoms with Crippen LogP contribution in [0.4, 0.5) is 17.3 Å². The zero-order valence-corrected chi connectivity index (χ0v) is 19.8. The number of nitrogens with two attached hydrogens (primary N) is 1. The first-order chi connectivity index (χ1) is 16.2. The maximum absolute atomic E-state index is 11.0. The Morgan fingerprint density at radius 1 is 1.24 bits per heavy atom. The van der Waals surface area contributed by atoms with Gasteiger partial charge < -0.3 is 20.6 Å². The van der Waals surface area contributed by atoms with E-state index in [1.54, 1.807) is 18.2 Å². The van der Waals surface area contributed by atoms with Crippen molar-refractivity contribution in [2.45, 2.75) is 25.2 Å². The molecule has 10 nitrogen and oxygen atoms in total. The molecule has 0 bridgehead atoms. The van der Waals surface area contributed by atoms with Gasteiger partial charge in [-0.25, -0.2) is 9.97 Å². The van der Waals surface area contributed by atoms with Gasteiger partial charge in [0.05, 0.1) is 22.1 Å². The van der Waals surface area contributed by atoms with Crippen molar-refractivity contribution in [3.8, 4) is 5.75 Å². The van der Waals surface area contributed by atoms with E-state index in [0.717, 1.165) is 5.56 Å². The molecule has 0 spiro atoms. The van der Waals surface area contributed by atoms with Crippen molar-refractivity contribution in [1.29, 1.82) is 0 Å². The fraction of sp³-hybridized carbons (Fsp3) is 0.227. The third-order valence-corrected chi connectivity index (χ3v) is 6.28. The molecule has 4 N–H and O–H groups in total. The molecule has 0 fully saturated rings. The van der Waals surface area contributed by atoms with Gasteiger partial charge >= 0.3 is 0 Å². The molecule has 0 aliphatic rings. The predicted molar refractivity (Wildman–Crippen MR) is 131 cm³/mol. The molecule has 34 heavy (non-hydrogen) atoms. The van der Waals surface area contributed by atoms with Crippen LogP contribution in [0.1, 0.15) is 24.5 Å². The Kier molecular flexibility index (Phi) is 8.63. The summed E-state index contributed by atoms with van der Waals surface area (Å²) in [5, 5.41) is 6.35.